The molecule has 0 fully saturated rings. The molecule has 3 aromatic rings. The van der Waals surface area contributed by atoms with Gasteiger partial charge in [0.1, 0.15) is 5.75 Å². The van der Waals surface area contributed by atoms with Crippen molar-refractivity contribution >= 4 is 21.7 Å². The van der Waals surface area contributed by atoms with E-state index in [4.69, 9.17) is 4.74 Å². The van der Waals surface area contributed by atoms with E-state index in [1.807, 2.05) is 0 Å². The van der Waals surface area contributed by atoms with Crippen molar-refractivity contribution in [2.75, 3.05) is 18.7 Å². The number of benzene rings is 2. The second-order valence-corrected chi connectivity index (χ2v) is 9.53. The summed E-state index contributed by atoms with van der Waals surface area (Å²) in [5.41, 5.74) is 1.22. The Labute approximate surface area is 200 Å². The van der Waals surface area contributed by atoms with Crippen LogP contribution in [-0.2, 0) is 29.3 Å². The summed E-state index contributed by atoms with van der Waals surface area (Å²) in [6.07, 6.45) is -3.61. The highest BCUT2D eigenvalue weighted by Crippen LogP contribution is 2.30. The zero-order chi connectivity index (χ0) is 25.8. The van der Waals surface area contributed by atoms with E-state index in [-0.39, 0.29) is 18.8 Å². The molecule has 0 aliphatic carbocycles. The zero-order valence-electron chi connectivity index (χ0n) is 19.1. The van der Waals surface area contributed by atoms with Gasteiger partial charge in [-0.15, -0.1) is 0 Å². The smallest absolute Gasteiger partial charge is 0.435 e. The molecule has 2 amide bonds. The molecule has 1 heterocycles. The fraction of sp³-hybridized carbons (Fsp3) is 0.273. The first kappa shape index (κ1) is 26.0. The van der Waals surface area contributed by atoms with Gasteiger partial charge in [-0.05, 0) is 36.8 Å². The highest BCUT2D eigenvalue weighted by atomic mass is 32.2. The quantitative estimate of drug-likeness (QED) is 0.428. The van der Waals surface area contributed by atoms with E-state index in [2.05, 4.69) is 20.5 Å². The summed E-state index contributed by atoms with van der Waals surface area (Å²) in [5, 5.41) is 8.77. The van der Waals surface area contributed by atoms with E-state index in [0.29, 0.717) is 22.7 Å². The van der Waals surface area contributed by atoms with Crippen molar-refractivity contribution in [1.82, 2.24) is 19.8 Å². The van der Waals surface area contributed by atoms with Crippen LogP contribution < -0.4 is 20.1 Å². The van der Waals surface area contributed by atoms with Gasteiger partial charge in [0, 0.05) is 23.9 Å². The molecular weight excluding hydrogens is 487 g/mol. The highest BCUT2D eigenvalue weighted by molar-refractivity contribution is 7.88. The third kappa shape index (κ3) is 7.20. The van der Waals surface area contributed by atoms with E-state index in [9.17, 15) is 26.4 Å². The predicted octanol–water partition coefficient (Wildman–Crippen LogP) is 3.58. The molecule has 0 radical (unpaired) electrons. The average Bonchev–Trinajstić information content (AvgIpc) is 3.21. The molecule has 0 unspecified atom stereocenters. The number of aryl methyl sites for hydroxylation is 1. The molecule has 0 saturated heterocycles. The van der Waals surface area contributed by atoms with Gasteiger partial charge < -0.3 is 15.4 Å². The fourth-order valence-corrected chi connectivity index (χ4v) is 3.61. The van der Waals surface area contributed by atoms with Gasteiger partial charge in [-0.25, -0.2) is 22.6 Å². The van der Waals surface area contributed by atoms with Crippen LogP contribution in [0.3, 0.4) is 0 Å². The molecule has 9 nitrogen and oxygen atoms in total. The minimum atomic E-state index is -4.64. The van der Waals surface area contributed by atoms with Crippen LogP contribution in [0, 0.1) is 6.92 Å². The first-order valence-corrected chi connectivity index (χ1v) is 12.1. The van der Waals surface area contributed by atoms with Crippen molar-refractivity contribution < 1.29 is 31.1 Å². The van der Waals surface area contributed by atoms with Gasteiger partial charge in [-0.2, -0.15) is 18.3 Å². The van der Waals surface area contributed by atoms with Gasteiger partial charge in [0.25, 0.3) is 0 Å². The summed E-state index contributed by atoms with van der Waals surface area (Å²) >= 11 is 0. The SMILES string of the molecule is COc1cc(NC(=O)NCc2cc(C(F)(F)F)nn2-c2cccc(C)c2)ccc1CNS(C)(=O)=O. The first-order valence-electron chi connectivity index (χ1n) is 10.3. The number of anilines is 1. The van der Waals surface area contributed by atoms with Crippen molar-refractivity contribution in [2.45, 2.75) is 26.2 Å². The molecule has 0 atom stereocenters. The Bertz CT molecular complexity index is 1320. The first-order chi connectivity index (χ1) is 16.4. The molecule has 2 aromatic carbocycles. The monoisotopic (exact) mass is 511 g/mol. The molecule has 1 aromatic heterocycles. The number of hydrogen-bond acceptors (Lipinski definition) is 5. The summed E-state index contributed by atoms with van der Waals surface area (Å²) < 4.78 is 71.1. The Kier molecular flexibility index (Phi) is 7.70. The Morgan fingerprint density at radius 2 is 1.86 bits per heavy atom. The number of carbonyl (C=O) groups excluding carboxylic acids is 1. The number of halogens is 3. The van der Waals surface area contributed by atoms with Crippen LogP contribution in [0.1, 0.15) is 22.5 Å². The Balaban J connectivity index is 1.73. The molecule has 3 rings (SSSR count). The third-order valence-electron chi connectivity index (χ3n) is 4.82. The van der Waals surface area contributed by atoms with Gasteiger partial charge in [0.05, 0.1) is 31.3 Å². The minimum Gasteiger partial charge on any atom is -0.496 e. The van der Waals surface area contributed by atoms with Gasteiger partial charge in [-0.1, -0.05) is 18.2 Å². The number of urea groups is 1. The lowest BCUT2D eigenvalue weighted by Gasteiger charge is -2.13. The molecule has 3 N–H and O–H groups in total. The molecule has 0 spiro atoms. The number of hydrogen-bond donors (Lipinski definition) is 3. The molecule has 0 bridgehead atoms. The van der Waals surface area contributed by atoms with Crippen LogP contribution in [0.25, 0.3) is 5.69 Å². The average molecular weight is 512 g/mol. The molecule has 0 aliphatic rings. The number of carbonyl (C=O) groups is 1. The van der Waals surface area contributed by atoms with Gasteiger partial charge >= 0.3 is 12.2 Å². The van der Waals surface area contributed by atoms with Gasteiger partial charge in [0.15, 0.2) is 5.69 Å². The number of amides is 2. The number of rotatable bonds is 8. The molecule has 35 heavy (non-hydrogen) atoms. The largest absolute Gasteiger partial charge is 0.496 e. The fourth-order valence-electron chi connectivity index (χ4n) is 3.19. The number of aromatic nitrogens is 2. The van der Waals surface area contributed by atoms with Crippen molar-refractivity contribution in [3.8, 4) is 11.4 Å². The topological polar surface area (TPSA) is 114 Å². The number of ether oxygens (including phenoxy) is 1. The molecule has 188 valence electrons. The molecule has 0 aliphatic heterocycles. The number of sulfonamides is 1. The van der Waals surface area contributed by atoms with Gasteiger partial charge in [-0.3, -0.25) is 0 Å². The lowest BCUT2D eigenvalue weighted by Crippen LogP contribution is -2.29. The summed E-state index contributed by atoms with van der Waals surface area (Å²) in [6.45, 7) is 1.58. The maximum absolute atomic E-state index is 13.3. The van der Waals surface area contributed by atoms with Crippen LogP contribution in [0.2, 0.25) is 0 Å². The van der Waals surface area contributed by atoms with Crippen LogP contribution >= 0.6 is 0 Å². The lowest BCUT2D eigenvalue weighted by atomic mass is 10.2. The second-order valence-electron chi connectivity index (χ2n) is 7.70. The van der Waals surface area contributed by atoms with E-state index in [1.165, 1.54) is 13.2 Å². The van der Waals surface area contributed by atoms with Crippen LogP contribution in [-0.4, -0.2) is 37.6 Å². The zero-order valence-corrected chi connectivity index (χ0v) is 19.9. The van der Waals surface area contributed by atoms with Crippen LogP contribution in [0.15, 0.2) is 48.5 Å². The van der Waals surface area contributed by atoms with Crippen molar-refractivity contribution in [1.29, 1.82) is 0 Å². The predicted molar refractivity (Wildman–Crippen MR) is 124 cm³/mol. The minimum absolute atomic E-state index is 0.00102. The summed E-state index contributed by atoms with van der Waals surface area (Å²) in [6, 6.07) is 11.6. The standard InChI is InChI=1S/C22H24F3N5O4S/c1-14-5-4-6-17(9-14)30-18(11-20(29-30)22(23,24)25)13-26-21(31)28-16-8-7-15(19(10-16)34-2)12-27-35(3,32)33/h4-11,27H,12-13H2,1-3H3,(H2,26,28,31). The van der Waals surface area contributed by atoms with Crippen LogP contribution in [0.4, 0.5) is 23.7 Å². The number of alkyl halides is 3. The summed E-state index contributed by atoms with van der Waals surface area (Å²) in [7, 11) is -2.01. The van der Waals surface area contributed by atoms with E-state index >= 15 is 0 Å². The number of nitrogens with zero attached hydrogens (tertiary/aromatic N) is 2. The number of methoxy groups -OCH3 is 1. The second kappa shape index (κ2) is 10.4. The van der Waals surface area contributed by atoms with Crippen molar-refractivity contribution in [3.63, 3.8) is 0 Å². The summed E-state index contributed by atoms with van der Waals surface area (Å²) in [5.74, 6) is 0.339. The molecule has 13 heteroatoms. The van der Waals surface area contributed by atoms with E-state index in [1.54, 1.807) is 43.3 Å². The maximum atomic E-state index is 13.3. The third-order valence-corrected chi connectivity index (χ3v) is 5.49. The number of nitrogens with one attached hydrogen (secondary N) is 3. The Hall–Kier alpha value is -3.58. The van der Waals surface area contributed by atoms with Gasteiger partial charge in [0.2, 0.25) is 10.0 Å². The maximum Gasteiger partial charge on any atom is 0.435 e. The normalized spacial score (nSPS) is 11.8. The van der Waals surface area contributed by atoms with Crippen molar-refractivity contribution in [3.05, 3.63) is 71.0 Å². The highest BCUT2D eigenvalue weighted by Gasteiger charge is 2.35. The molecular formula is C22H24F3N5O4S. The van der Waals surface area contributed by atoms with Crippen molar-refractivity contribution in [2.24, 2.45) is 0 Å². The molecule has 0 saturated carbocycles. The Morgan fingerprint density at radius 3 is 2.49 bits per heavy atom. The summed E-state index contributed by atoms with van der Waals surface area (Å²) in [4.78, 5) is 12.4. The lowest BCUT2D eigenvalue weighted by molar-refractivity contribution is -0.141. The Morgan fingerprint density at radius 1 is 1.11 bits per heavy atom. The van der Waals surface area contributed by atoms with E-state index < -0.39 is 27.9 Å². The van der Waals surface area contributed by atoms with E-state index in [0.717, 1.165) is 22.6 Å². The van der Waals surface area contributed by atoms with Crippen LogP contribution in [0.5, 0.6) is 5.75 Å².